The molecule has 1 aliphatic heterocycles. The van der Waals surface area contributed by atoms with Gasteiger partial charge in [0.25, 0.3) is 0 Å². The van der Waals surface area contributed by atoms with Gasteiger partial charge in [-0.2, -0.15) is 0 Å². The van der Waals surface area contributed by atoms with E-state index in [2.05, 4.69) is 0 Å². The van der Waals surface area contributed by atoms with Crippen LogP contribution in [0.1, 0.15) is 32.1 Å². The van der Waals surface area contributed by atoms with Crippen LogP contribution in [0.4, 0.5) is 0 Å². The predicted octanol–water partition coefficient (Wildman–Crippen LogP) is 1.58. The van der Waals surface area contributed by atoms with Crippen LogP contribution in [0, 0.1) is 5.92 Å². The van der Waals surface area contributed by atoms with E-state index < -0.39 is 0 Å². The van der Waals surface area contributed by atoms with Crippen molar-refractivity contribution in [2.24, 2.45) is 11.7 Å². The maximum Gasteiger partial charge on any atom is 0.144 e. The number of Topliss-reactive ketones (excluding diaryl/α,β-unsaturated/α-hetero) is 1. The average molecular weight is 199 g/mol. The molecule has 2 aliphatic rings. The fourth-order valence-corrected chi connectivity index (χ4v) is 4.25. The average Bonchev–Trinajstić information content (AvgIpc) is 2.49. The van der Waals surface area contributed by atoms with Crippen molar-refractivity contribution in [1.82, 2.24) is 0 Å². The molecule has 0 bridgehead atoms. The third-order valence-electron chi connectivity index (χ3n) is 3.45. The standard InChI is InChI=1S/C10H17NOS/c11-6-8-3-1-2-4-10(8)5-9(12)7-13-10/h8H,1-7,11H2. The van der Waals surface area contributed by atoms with Crippen LogP contribution in [-0.2, 0) is 4.79 Å². The van der Waals surface area contributed by atoms with Crippen LogP contribution < -0.4 is 5.73 Å². The molecule has 0 aromatic rings. The van der Waals surface area contributed by atoms with E-state index in [1.54, 1.807) is 0 Å². The van der Waals surface area contributed by atoms with Crippen molar-refractivity contribution < 1.29 is 4.79 Å². The van der Waals surface area contributed by atoms with E-state index in [4.69, 9.17) is 5.73 Å². The number of nitrogens with two attached hydrogens (primary N) is 1. The van der Waals surface area contributed by atoms with Gasteiger partial charge in [-0.15, -0.1) is 11.8 Å². The number of thioether (sulfide) groups is 1. The van der Waals surface area contributed by atoms with E-state index in [9.17, 15) is 4.79 Å². The van der Waals surface area contributed by atoms with Crippen molar-refractivity contribution in [3.05, 3.63) is 0 Å². The molecule has 1 spiro atoms. The first-order valence-electron chi connectivity index (χ1n) is 5.12. The number of ketones is 1. The molecule has 0 aromatic carbocycles. The molecule has 74 valence electrons. The first-order chi connectivity index (χ1) is 6.27. The number of rotatable bonds is 1. The number of hydrogen-bond donors (Lipinski definition) is 1. The minimum atomic E-state index is 0.254. The highest BCUT2D eigenvalue weighted by Gasteiger charge is 2.45. The Hall–Kier alpha value is -0.0200. The minimum Gasteiger partial charge on any atom is -0.330 e. The fourth-order valence-electron chi connectivity index (χ4n) is 2.70. The Labute approximate surface area is 83.6 Å². The minimum absolute atomic E-state index is 0.254. The Morgan fingerprint density at radius 1 is 1.54 bits per heavy atom. The molecule has 1 saturated heterocycles. The highest BCUT2D eigenvalue weighted by atomic mass is 32.2. The van der Waals surface area contributed by atoms with Crippen molar-refractivity contribution in [2.75, 3.05) is 12.3 Å². The molecule has 2 atom stereocenters. The Bertz CT molecular complexity index is 219. The van der Waals surface area contributed by atoms with Gasteiger partial charge in [-0.05, 0) is 25.3 Å². The monoisotopic (exact) mass is 199 g/mol. The van der Waals surface area contributed by atoms with Crippen LogP contribution in [0.5, 0.6) is 0 Å². The zero-order valence-corrected chi connectivity index (χ0v) is 8.74. The van der Waals surface area contributed by atoms with E-state index in [0.29, 0.717) is 11.7 Å². The summed E-state index contributed by atoms with van der Waals surface area (Å²) in [7, 11) is 0. The molecule has 2 fully saturated rings. The van der Waals surface area contributed by atoms with Gasteiger partial charge in [0, 0.05) is 11.2 Å². The summed E-state index contributed by atoms with van der Waals surface area (Å²) < 4.78 is 0.254. The third kappa shape index (κ3) is 1.64. The molecule has 2 rings (SSSR count). The Balaban J connectivity index is 2.13. The van der Waals surface area contributed by atoms with Gasteiger partial charge in [0.1, 0.15) is 5.78 Å². The summed E-state index contributed by atoms with van der Waals surface area (Å²) in [6, 6.07) is 0. The number of hydrogen-bond acceptors (Lipinski definition) is 3. The first kappa shape index (κ1) is 9.53. The summed E-state index contributed by atoms with van der Waals surface area (Å²) in [5, 5.41) is 0. The zero-order valence-electron chi connectivity index (χ0n) is 7.92. The number of carbonyl (C=O) groups excluding carboxylic acids is 1. The SMILES string of the molecule is NCC1CCCCC12CC(=O)CS2. The Kier molecular flexibility index (Phi) is 2.65. The molecule has 1 saturated carbocycles. The van der Waals surface area contributed by atoms with Crippen LogP contribution >= 0.6 is 11.8 Å². The van der Waals surface area contributed by atoms with Gasteiger partial charge in [0.2, 0.25) is 0 Å². The normalized spacial score (nSPS) is 40.1. The van der Waals surface area contributed by atoms with Crippen molar-refractivity contribution >= 4 is 17.5 Å². The zero-order chi connectivity index (χ0) is 9.31. The largest absolute Gasteiger partial charge is 0.330 e. The lowest BCUT2D eigenvalue weighted by molar-refractivity contribution is -0.116. The van der Waals surface area contributed by atoms with Gasteiger partial charge < -0.3 is 5.73 Å². The second kappa shape index (κ2) is 3.62. The molecule has 2 unspecified atom stereocenters. The maximum atomic E-state index is 11.3. The van der Waals surface area contributed by atoms with Gasteiger partial charge in [0.15, 0.2) is 0 Å². The van der Waals surface area contributed by atoms with Crippen LogP contribution in [0.25, 0.3) is 0 Å². The van der Waals surface area contributed by atoms with Gasteiger partial charge in [-0.3, -0.25) is 4.79 Å². The van der Waals surface area contributed by atoms with E-state index in [1.807, 2.05) is 11.8 Å². The topological polar surface area (TPSA) is 43.1 Å². The van der Waals surface area contributed by atoms with Crippen molar-refractivity contribution in [3.8, 4) is 0 Å². The summed E-state index contributed by atoms with van der Waals surface area (Å²) in [5.74, 6) is 1.76. The lowest BCUT2D eigenvalue weighted by Gasteiger charge is -2.39. The molecule has 1 heterocycles. The van der Waals surface area contributed by atoms with Gasteiger partial charge in [0.05, 0.1) is 5.75 Å². The summed E-state index contributed by atoms with van der Waals surface area (Å²) in [5.41, 5.74) is 5.78. The van der Waals surface area contributed by atoms with Gasteiger partial charge in [-0.1, -0.05) is 12.8 Å². The predicted molar refractivity (Wildman–Crippen MR) is 55.8 cm³/mol. The smallest absolute Gasteiger partial charge is 0.144 e. The lowest BCUT2D eigenvalue weighted by Crippen LogP contribution is -2.40. The van der Waals surface area contributed by atoms with E-state index in [0.717, 1.165) is 18.7 Å². The summed E-state index contributed by atoms with van der Waals surface area (Å²) in [4.78, 5) is 11.3. The molecule has 2 N–H and O–H groups in total. The van der Waals surface area contributed by atoms with Crippen LogP contribution in [-0.4, -0.2) is 22.8 Å². The lowest BCUT2D eigenvalue weighted by atomic mass is 9.76. The highest BCUT2D eigenvalue weighted by molar-refractivity contribution is 8.01. The van der Waals surface area contributed by atoms with Crippen LogP contribution in [0.2, 0.25) is 0 Å². The van der Waals surface area contributed by atoms with Crippen LogP contribution in [0.3, 0.4) is 0 Å². The molecule has 2 nitrogen and oxygen atoms in total. The number of carbonyl (C=O) groups is 1. The molecule has 0 aromatic heterocycles. The summed E-state index contributed by atoms with van der Waals surface area (Å²) in [6.45, 7) is 0.764. The Morgan fingerprint density at radius 3 is 3.00 bits per heavy atom. The highest BCUT2D eigenvalue weighted by Crippen LogP contribution is 2.49. The quantitative estimate of drug-likeness (QED) is 0.697. The second-order valence-electron chi connectivity index (χ2n) is 4.25. The molecule has 0 amide bonds. The van der Waals surface area contributed by atoms with Crippen molar-refractivity contribution in [1.29, 1.82) is 0 Å². The molecule has 0 radical (unpaired) electrons. The molecule has 13 heavy (non-hydrogen) atoms. The Morgan fingerprint density at radius 2 is 2.38 bits per heavy atom. The third-order valence-corrected chi connectivity index (χ3v) is 5.17. The van der Waals surface area contributed by atoms with E-state index in [1.165, 1.54) is 25.7 Å². The first-order valence-corrected chi connectivity index (χ1v) is 6.11. The molecular formula is C10H17NOS. The van der Waals surface area contributed by atoms with Crippen LogP contribution in [0.15, 0.2) is 0 Å². The fraction of sp³-hybridized carbons (Fsp3) is 0.900. The maximum absolute atomic E-state index is 11.3. The van der Waals surface area contributed by atoms with Gasteiger partial charge in [-0.25, -0.2) is 0 Å². The van der Waals surface area contributed by atoms with Crippen molar-refractivity contribution in [2.45, 2.75) is 36.9 Å². The molecule has 1 aliphatic carbocycles. The molecule has 3 heteroatoms. The van der Waals surface area contributed by atoms with E-state index >= 15 is 0 Å². The van der Waals surface area contributed by atoms with Gasteiger partial charge >= 0.3 is 0 Å². The summed E-state index contributed by atoms with van der Waals surface area (Å²) in [6.07, 6.45) is 5.83. The molecular weight excluding hydrogens is 182 g/mol. The van der Waals surface area contributed by atoms with Crippen molar-refractivity contribution in [3.63, 3.8) is 0 Å². The summed E-state index contributed by atoms with van der Waals surface area (Å²) >= 11 is 1.88. The van der Waals surface area contributed by atoms with E-state index in [-0.39, 0.29) is 4.75 Å². The second-order valence-corrected chi connectivity index (χ2v) is 5.64.